The average Bonchev–Trinajstić information content (AvgIpc) is 3.29. The van der Waals surface area contributed by atoms with Crippen molar-refractivity contribution in [1.29, 1.82) is 0 Å². The Bertz CT molecular complexity index is 1140. The lowest BCUT2D eigenvalue weighted by molar-refractivity contribution is 0.0692. The number of hydrogen-bond acceptors (Lipinski definition) is 4. The summed E-state index contributed by atoms with van der Waals surface area (Å²) in [6.45, 7) is 2.99. The van der Waals surface area contributed by atoms with Gasteiger partial charge in [-0.2, -0.15) is 5.10 Å². The quantitative estimate of drug-likeness (QED) is 0.542. The molecule has 0 radical (unpaired) electrons. The smallest absolute Gasteiger partial charge is 0.336 e. The number of carbonyl (C=O) groups is 3. The fourth-order valence-electron chi connectivity index (χ4n) is 3.51. The number of rotatable bonds is 4. The molecule has 0 spiro atoms. The maximum Gasteiger partial charge on any atom is 0.336 e. The van der Waals surface area contributed by atoms with Crippen LogP contribution in [0, 0.1) is 0 Å². The highest BCUT2D eigenvalue weighted by Crippen LogP contribution is 2.29. The number of anilines is 1. The number of nitrogens with one attached hydrogen (secondary N) is 3. The van der Waals surface area contributed by atoms with Crippen LogP contribution >= 0.6 is 0 Å². The Morgan fingerprint density at radius 1 is 1.17 bits per heavy atom. The highest BCUT2D eigenvalue weighted by atomic mass is 16.4. The third-order valence-electron chi connectivity index (χ3n) is 4.88. The molecule has 2 aromatic carbocycles. The topological polar surface area (TPSA) is 127 Å². The number of benzene rings is 2. The van der Waals surface area contributed by atoms with Gasteiger partial charge in [-0.15, -0.1) is 0 Å². The highest BCUT2D eigenvalue weighted by Gasteiger charge is 2.29. The Labute approximate surface area is 165 Å². The second-order valence-electron chi connectivity index (χ2n) is 6.68. The minimum absolute atomic E-state index is 0.0810. The maximum atomic E-state index is 13.1. The second kappa shape index (κ2) is 7.27. The van der Waals surface area contributed by atoms with Crippen LogP contribution in [-0.4, -0.2) is 44.7 Å². The van der Waals surface area contributed by atoms with E-state index in [4.69, 9.17) is 0 Å². The summed E-state index contributed by atoms with van der Waals surface area (Å²) in [6.07, 6.45) is 0. The van der Waals surface area contributed by atoms with E-state index in [1.807, 2.05) is 19.1 Å². The lowest BCUT2D eigenvalue weighted by Crippen LogP contribution is -2.36. The van der Waals surface area contributed by atoms with E-state index in [1.54, 1.807) is 23.1 Å². The molecule has 4 N–H and O–H groups in total. The molecule has 0 bridgehead atoms. The van der Waals surface area contributed by atoms with Crippen molar-refractivity contribution in [3.63, 3.8) is 0 Å². The summed E-state index contributed by atoms with van der Waals surface area (Å²) in [4.78, 5) is 38.4. The van der Waals surface area contributed by atoms with Gasteiger partial charge in [-0.25, -0.2) is 9.59 Å². The number of aromatic carboxylic acids is 1. The van der Waals surface area contributed by atoms with E-state index >= 15 is 0 Å². The fraction of sp³-hybridized carbons (Fsp3) is 0.200. The molecule has 4 rings (SSSR count). The zero-order valence-electron chi connectivity index (χ0n) is 15.7. The third kappa shape index (κ3) is 3.27. The molecule has 2 heterocycles. The number of H-pyrrole nitrogens is 1. The zero-order valence-corrected chi connectivity index (χ0v) is 15.7. The first-order valence-corrected chi connectivity index (χ1v) is 9.15. The first-order valence-electron chi connectivity index (χ1n) is 9.15. The Kier molecular flexibility index (Phi) is 4.63. The van der Waals surface area contributed by atoms with Gasteiger partial charge in [0.2, 0.25) is 0 Å². The van der Waals surface area contributed by atoms with Crippen LogP contribution in [0.15, 0.2) is 36.4 Å². The molecular formula is C20H19N5O4. The molecule has 0 saturated heterocycles. The van der Waals surface area contributed by atoms with E-state index in [0.717, 1.165) is 5.39 Å². The van der Waals surface area contributed by atoms with Gasteiger partial charge in [-0.05, 0) is 23.8 Å². The monoisotopic (exact) mass is 393 g/mol. The van der Waals surface area contributed by atoms with Crippen LogP contribution < -0.4 is 10.6 Å². The van der Waals surface area contributed by atoms with Crippen molar-refractivity contribution in [3.05, 3.63) is 58.8 Å². The summed E-state index contributed by atoms with van der Waals surface area (Å²) in [5.41, 5.74) is 1.38. The molecule has 0 atom stereocenters. The Hall–Kier alpha value is -3.88. The number of urea groups is 1. The molecule has 3 aromatic rings. The second-order valence-corrected chi connectivity index (χ2v) is 6.68. The molecule has 1 aliphatic rings. The van der Waals surface area contributed by atoms with Crippen LogP contribution in [0.4, 0.5) is 10.6 Å². The number of aromatic amines is 1. The van der Waals surface area contributed by atoms with E-state index in [0.29, 0.717) is 42.1 Å². The number of amides is 3. The van der Waals surface area contributed by atoms with Crippen LogP contribution in [0.2, 0.25) is 0 Å². The van der Waals surface area contributed by atoms with Gasteiger partial charge >= 0.3 is 12.0 Å². The molecule has 0 saturated carbocycles. The molecule has 3 amide bonds. The molecule has 1 aliphatic heterocycles. The molecule has 0 fully saturated rings. The fourth-order valence-corrected chi connectivity index (χ4v) is 3.51. The molecule has 9 heteroatoms. The van der Waals surface area contributed by atoms with Crippen LogP contribution in [-0.2, 0) is 13.1 Å². The van der Waals surface area contributed by atoms with E-state index in [-0.39, 0.29) is 17.2 Å². The molecular weight excluding hydrogens is 374 g/mol. The van der Waals surface area contributed by atoms with E-state index in [9.17, 15) is 19.5 Å². The number of carboxylic acid groups (broad SMARTS) is 1. The minimum atomic E-state index is -1.18. The minimum Gasteiger partial charge on any atom is -0.478 e. The van der Waals surface area contributed by atoms with Crippen molar-refractivity contribution in [3.8, 4) is 0 Å². The number of fused-ring (bicyclic) bond motifs is 2. The predicted octanol–water partition coefficient (Wildman–Crippen LogP) is 2.56. The molecule has 9 nitrogen and oxygen atoms in total. The summed E-state index contributed by atoms with van der Waals surface area (Å²) in [6, 6.07) is 10.00. The van der Waals surface area contributed by atoms with Gasteiger partial charge in [0.15, 0.2) is 0 Å². The van der Waals surface area contributed by atoms with Crippen molar-refractivity contribution < 1.29 is 19.5 Å². The van der Waals surface area contributed by atoms with Crippen molar-refractivity contribution >= 4 is 34.5 Å². The van der Waals surface area contributed by atoms with Crippen LogP contribution in [0.3, 0.4) is 0 Å². The van der Waals surface area contributed by atoms with Gasteiger partial charge < -0.3 is 20.6 Å². The molecule has 1 aromatic heterocycles. The number of hydrogen-bond donors (Lipinski definition) is 4. The third-order valence-corrected chi connectivity index (χ3v) is 4.88. The molecule has 0 unspecified atom stereocenters. The maximum absolute atomic E-state index is 13.1. The van der Waals surface area contributed by atoms with Gasteiger partial charge in [-0.3, -0.25) is 9.89 Å². The van der Waals surface area contributed by atoms with Crippen molar-refractivity contribution in [2.75, 3.05) is 11.9 Å². The summed E-state index contributed by atoms with van der Waals surface area (Å²) in [7, 11) is 0. The summed E-state index contributed by atoms with van der Waals surface area (Å²) in [5, 5.41) is 23.3. The van der Waals surface area contributed by atoms with Crippen LogP contribution in [0.5, 0.6) is 0 Å². The first kappa shape index (κ1) is 18.5. The number of carboxylic acids is 1. The van der Waals surface area contributed by atoms with Gasteiger partial charge in [0, 0.05) is 12.1 Å². The number of nitrogens with zero attached hydrogens (tertiary/aromatic N) is 2. The van der Waals surface area contributed by atoms with Crippen molar-refractivity contribution in [2.24, 2.45) is 0 Å². The lowest BCUT2D eigenvalue weighted by atomic mass is 9.98. The number of carbonyl (C=O) groups excluding carboxylic acids is 2. The van der Waals surface area contributed by atoms with Gasteiger partial charge in [0.1, 0.15) is 5.82 Å². The SMILES string of the molecule is CCNC(=O)N1Cc2n[nH]c(NC(=O)c3c(C(=O)O)ccc4ccccc34)c2C1. The first-order chi connectivity index (χ1) is 14.0. The highest BCUT2D eigenvalue weighted by molar-refractivity contribution is 6.18. The van der Waals surface area contributed by atoms with E-state index in [1.165, 1.54) is 6.07 Å². The van der Waals surface area contributed by atoms with Gasteiger partial charge in [0.25, 0.3) is 5.91 Å². The lowest BCUT2D eigenvalue weighted by Gasteiger charge is -2.16. The summed E-state index contributed by atoms with van der Waals surface area (Å²) in [5.74, 6) is -1.37. The standard InChI is InChI=1S/C20H19N5O4/c1-2-21-20(29)25-9-14-15(10-25)23-24-17(14)22-18(26)16-12-6-4-3-5-11(12)7-8-13(16)19(27)28/h3-8H,2,9-10H2,1H3,(H,21,29)(H,27,28)(H2,22,23,24,26). The normalized spacial score (nSPS) is 12.7. The van der Waals surface area contributed by atoms with Gasteiger partial charge in [-0.1, -0.05) is 30.3 Å². The van der Waals surface area contributed by atoms with Crippen molar-refractivity contribution in [1.82, 2.24) is 20.4 Å². The number of aromatic nitrogens is 2. The van der Waals surface area contributed by atoms with Gasteiger partial charge in [0.05, 0.1) is 29.9 Å². The Balaban J connectivity index is 1.65. The zero-order chi connectivity index (χ0) is 20.5. The molecule has 0 aliphatic carbocycles. The predicted molar refractivity (Wildman–Crippen MR) is 106 cm³/mol. The summed E-state index contributed by atoms with van der Waals surface area (Å²) < 4.78 is 0. The average molecular weight is 393 g/mol. The largest absolute Gasteiger partial charge is 0.478 e. The van der Waals surface area contributed by atoms with Crippen LogP contribution in [0.1, 0.15) is 38.9 Å². The summed E-state index contributed by atoms with van der Waals surface area (Å²) >= 11 is 0. The molecule has 29 heavy (non-hydrogen) atoms. The van der Waals surface area contributed by atoms with Crippen molar-refractivity contribution in [2.45, 2.75) is 20.0 Å². The van der Waals surface area contributed by atoms with Crippen LogP contribution in [0.25, 0.3) is 10.8 Å². The van der Waals surface area contributed by atoms with E-state index < -0.39 is 11.9 Å². The molecule has 148 valence electrons. The Morgan fingerprint density at radius 2 is 1.97 bits per heavy atom. The van der Waals surface area contributed by atoms with E-state index in [2.05, 4.69) is 20.8 Å². The Morgan fingerprint density at radius 3 is 2.72 bits per heavy atom.